The SMILES string of the molecule is CC(C)C(=O)C=Cc1c[nH]c2ccccc12. The van der Waals surface area contributed by atoms with Crippen molar-refractivity contribution >= 4 is 22.8 Å². The zero-order chi connectivity index (χ0) is 11.5. The van der Waals surface area contributed by atoms with Crippen LogP contribution in [0.3, 0.4) is 0 Å². The van der Waals surface area contributed by atoms with Crippen LogP contribution < -0.4 is 0 Å². The Morgan fingerprint density at radius 3 is 2.81 bits per heavy atom. The van der Waals surface area contributed by atoms with Crippen LogP contribution in [0.4, 0.5) is 0 Å². The molecule has 0 fully saturated rings. The number of benzene rings is 1. The molecule has 0 amide bonds. The number of carbonyl (C=O) groups excluding carboxylic acids is 1. The number of hydrogen-bond donors (Lipinski definition) is 1. The smallest absolute Gasteiger partial charge is 0.158 e. The van der Waals surface area contributed by atoms with E-state index in [0.717, 1.165) is 16.5 Å². The van der Waals surface area contributed by atoms with Crippen molar-refractivity contribution in [3.63, 3.8) is 0 Å². The molecule has 2 nitrogen and oxygen atoms in total. The summed E-state index contributed by atoms with van der Waals surface area (Å²) in [5.74, 6) is 0.215. The molecule has 0 spiro atoms. The molecule has 2 aromatic rings. The van der Waals surface area contributed by atoms with Gasteiger partial charge in [-0.25, -0.2) is 0 Å². The minimum atomic E-state index is 0.0569. The van der Waals surface area contributed by atoms with Gasteiger partial charge >= 0.3 is 0 Å². The number of H-pyrrole nitrogens is 1. The molecule has 1 aromatic carbocycles. The molecule has 0 aliphatic carbocycles. The highest BCUT2D eigenvalue weighted by atomic mass is 16.1. The molecule has 0 aliphatic rings. The number of carbonyl (C=O) groups is 1. The first-order valence-corrected chi connectivity index (χ1v) is 5.46. The molecule has 1 aromatic heterocycles. The third kappa shape index (κ3) is 2.06. The Kier molecular flexibility index (Phi) is 2.91. The van der Waals surface area contributed by atoms with E-state index in [1.54, 1.807) is 6.08 Å². The van der Waals surface area contributed by atoms with Gasteiger partial charge in [0.15, 0.2) is 5.78 Å². The molecule has 0 atom stereocenters. The first-order valence-electron chi connectivity index (χ1n) is 5.46. The van der Waals surface area contributed by atoms with E-state index >= 15 is 0 Å². The molecule has 2 rings (SSSR count). The molecule has 2 heteroatoms. The number of aromatic nitrogens is 1. The maximum atomic E-state index is 11.5. The first-order chi connectivity index (χ1) is 7.68. The lowest BCUT2D eigenvalue weighted by Gasteiger charge is -1.96. The highest BCUT2D eigenvalue weighted by Gasteiger charge is 2.03. The van der Waals surface area contributed by atoms with E-state index in [9.17, 15) is 4.79 Å². The van der Waals surface area contributed by atoms with Crippen molar-refractivity contribution in [3.05, 3.63) is 42.1 Å². The van der Waals surface area contributed by atoms with Crippen LogP contribution in [-0.4, -0.2) is 10.8 Å². The second-order valence-electron chi connectivity index (χ2n) is 4.18. The van der Waals surface area contributed by atoms with Crippen LogP contribution in [0.25, 0.3) is 17.0 Å². The highest BCUT2D eigenvalue weighted by Crippen LogP contribution is 2.18. The summed E-state index contributed by atoms with van der Waals surface area (Å²) in [6, 6.07) is 8.06. The van der Waals surface area contributed by atoms with Gasteiger partial charge in [-0.05, 0) is 23.8 Å². The average molecular weight is 213 g/mol. The molecule has 0 aliphatic heterocycles. The van der Waals surface area contributed by atoms with Crippen LogP contribution in [0.15, 0.2) is 36.5 Å². The van der Waals surface area contributed by atoms with Crippen molar-refractivity contribution < 1.29 is 4.79 Å². The predicted octanol–water partition coefficient (Wildman–Crippen LogP) is 3.41. The number of rotatable bonds is 3. The molecule has 0 radical (unpaired) electrons. The summed E-state index contributed by atoms with van der Waals surface area (Å²) in [5, 5.41) is 1.15. The Morgan fingerprint density at radius 1 is 1.31 bits per heavy atom. The van der Waals surface area contributed by atoms with Crippen molar-refractivity contribution in [2.75, 3.05) is 0 Å². The van der Waals surface area contributed by atoms with Gasteiger partial charge in [-0.2, -0.15) is 0 Å². The molecule has 0 saturated carbocycles. The number of hydrogen-bond acceptors (Lipinski definition) is 1. The first kappa shape index (κ1) is 10.7. The van der Waals surface area contributed by atoms with Crippen LogP contribution in [0.5, 0.6) is 0 Å². The third-order valence-corrected chi connectivity index (χ3v) is 2.62. The van der Waals surface area contributed by atoms with Gasteiger partial charge in [0, 0.05) is 23.0 Å². The zero-order valence-corrected chi connectivity index (χ0v) is 9.53. The second-order valence-corrected chi connectivity index (χ2v) is 4.18. The summed E-state index contributed by atoms with van der Waals surface area (Å²) in [7, 11) is 0. The van der Waals surface area contributed by atoms with Gasteiger partial charge in [0.2, 0.25) is 0 Å². The lowest BCUT2D eigenvalue weighted by Crippen LogP contribution is -2.01. The van der Waals surface area contributed by atoms with E-state index in [2.05, 4.69) is 4.98 Å². The van der Waals surface area contributed by atoms with E-state index in [1.165, 1.54) is 0 Å². The molecule has 1 N–H and O–H groups in total. The van der Waals surface area contributed by atoms with E-state index in [0.29, 0.717) is 0 Å². The van der Waals surface area contributed by atoms with Crippen molar-refractivity contribution in [1.82, 2.24) is 4.98 Å². The molecule has 82 valence electrons. The van der Waals surface area contributed by atoms with Crippen molar-refractivity contribution in [1.29, 1.82) is 0 Å². The quantitative estimate of drug-likeness (QED) is 0.779. The molecule has 1 heterocycles. The molecule has 0 unspecified atom stereocenters. The summed E-state index contributed by atoms with van der Waals surface area (Å²) in [5.41, 5.74) is 2.16. The third-order valence-electron chi connectivity index (χ3n) is 2.62. The van der Waals surface area contributed by atoms with Gasteiger partial charge in [-0.15, -0.1) is 0 Å². The summed E-state index contributed by atoms with van der Waals surface area (Å²) in [4.78, 5) is 14.7. The van der Waals surface area contributed by atoms with Crippen molar-refractivity contribution in [2.45, 2.75) is 13.8 Å². The minimum Gasteiger partial charge on any atom is -0.361 e. The fraction of sp³-hybridized carbons (Fsp3) is 0.214. The Morgan fingerprint density at radius 2 is 2.06 bits per heavy atom. The summed E-state index contributed by atoms with van der Waals surface area (Å²) < 4.78 is 0. The molecular weight excluding hydrogens is 198 g/mol. The van der Waals surface area contributed by atoms with Crippen LogP contribution >= 0.6 is 0 Å². The minimum absolute atomic E-state index is 0.0569. The van der Waals surface area contributed by atoms with Crippen molar-refractivity contribution in [3.8, 4) is 0 Å². The number of para-hydroxylation sites is 1. The fourth-order valence-electron chi connectivity index (χ4n) is 1.60. The van der Waals surface area contributed by atoms with Gasteiger partial charge in [0.05, 0.1) is 0 Å². The highest BCUT2D eigenvalue weighted by molar-refractivity contribution is 5.98. The zero-order valence-electron chi connectivity index (χ0n) is 9.53. The van der Waals surface area contributed by atoms with Gasteiger partial charge in [-0.3, -0.25) is 4.79 Å². The van der Waals surface area contributed by atoms with E-state index in [4.69, 9.17) is 0 Å². The number of allylic oxidation sites excluding steroid dienone is 1. The normalized spacial score (nSPS) is 11.7. The van der Waals surface area contributed by atoms with Crippen LogP contribution in [0, 0.1) is 5.92 Å². The van der Waals surface area contributed by atoms with Crippen LogP contribution in [-0.2, 0) is 4.79 Å². The van der Waals surface area contributed by atoms with Crippen molar-refractivity contribution in [2.24, 2.45) is 5.92 Å². The van der Waals surface area contributed by atoms with Gasteiger partial charge in [-0.1, -0.05) is 32.0 Å². The Bertz CT molecular complexity index is 534. The summed E-state index contributed by atoms with van der Waals surface area (Å²) >= 11 is 0. The summed E-state index contributed by atoms with van der Waals surface area (Å²) in [6.45, 7) is 3.81. The number of ketones is 1. The Hall–Kier alpha value is -1.83. The number of aromatic amines is 1. The Labute approximate surface area is 95.0 Å². The molecule has 0 bridgehead atoms. The molecule has 16 heavy (non-hydrogen) atoms. The maximum absolute atomic E-state index is 11.5. The standard InChI is InChI=1S/C14H15NO/c1-10(2)14(16)8-7-11-9-15-13-6-4-3-5-12(11)13/h3-10,15H,1-2H3. The predicted molar refractivity (Wildman–Crippen MR) is 67.2 cm³/mol. The van der Waals surface area contributed by atoms with E-state index < -0.39 is 0 Å². The van der Waals surface area contributed by atoms with Gasteiger partial charge in [0.25, 0.3) is 0 Å². The monoisotopic (exact) mass is 213 g/mol. The van der Waals surface area contributed by atoms with Gasteiger partial charge in [0.1, 0.15) is 0 Å². The summed E-state index contributed by atoms with van der Waals surface area (Å²) in [6.07, 6.45) is 5.45. The van der Waals surface area contributed by atoms with Crippen LogP contribution in [0.2, 0.25) is 0 Å². The molecule has 0 saturated heterocycles. The lowest BCUT2D eigenvalue weighted by molar-refractivity contribution is -0.117. The van der Waals surface area contributed by atoms with Gasteiger partial charge < -0.3 is 4.98 Å². The largest absolute Gasteiger partial charge is 0.361 e. The average Bonchev–Trinajstić information content (AvgIpc) is 2.69. The second kappa shape index (κ2) is 4.35. The Balaban J connectivity index is 2.31. The molecular formula is C14H15NO. The number of nitrogens with one attached hydrogen (secondary N) is 1. The van der Waals surface area contributed by atoms with Crippen LogP contribution in [0.1, 0.15) is 19.4 Å². The topological polar surface area (TPSA) is 32.9 Å². The van der Waals surface area contributed by atoms with E-state index in [1.807, 2.05) is 50.4 Å². The van der Waals surface area contributed by atoms with E-state index in [-0.39, 0.29) is 11.7 Å². The maximum Gasteiger partial charge on any atom is 0.158 e. The lowest BCUT2D eigenvalue weighted by atomic mass is 10.1. The fourth-order valence-corrected chi connectivity index (χ4v) is 1.60. The number of fused-ring (bicyclic) bond motifs is 1.